The van der Waals surface area contributed by atoms with Gasteiger partial charge in [-0.15, -0.1) is 0 Å². The van der Waals surface area contributed by atoms with Crippen LogP contribution in [0.25, 0.3) is 23.0 Å². The van der Waals surface area contributed by atoms with Crippen molar-refractivity contribution in [2.24, 2.45) is 4.99 Å². The Hall–Kier alpha value is -5.46. The Morgan fingerprint density at radius 2 is 1.73 bits per heavy atom. The summed E-state index contributed by atoms with van der Waals surface area (Å²) in [6.45, 7) is 4.83. The van der Waals surface area contributed by atoms with E-state index >= 15 is 0 Å². The molecule has 3 heterocycles. The zero-order valence-corrected chi connectivity index (χ0v) is 28.8. The summed E-state index contributed by atoms with van der Waals surface area (Å²) in [5, 5.41) is 5.29. The van der Waals surface area contributed by atoms with Crippen molar-refractivity contribution in [1.29, 1.82) is 0 Å². The minimum absolute atomic E-state index is 0.130. The van der Waals surface area contributed by atoms with Gasteiger partial charge in [0, 0.05) is 24.2 Å². The molecule has 6 rings (SSSR count). The van der Waals surface area contributed by atoms with Gasteiger partial charge in [-0.3, -0.25) is 14.2 Å². The standard InChI is InChI=1S/C36H31ClN4O7S/c1-6-47-35(44)31-20(2)38-36-41(33(31)23-13-15-28(48-21(3)42)29(17-23)46-5)34(43)30(49-36)18-24-19-40(25-10-8-7-9-11-25)39-32(24)22-12-14-27(45-4)26(37)16-22/h7-19,33H,6H2,1-5H3/b30-18-. The molecule has 0 spiro atoms. The van der Waals surface area contributed by atoms with Crippen LogP contribution in [0.4, 0.5) is 0 Å². The molecule has 2 aromatic heterocycles. The highest BCUT2D eigenvalue weighted by atomic mass is 35.5. The first kappa shape index (κ1) is 33.4. The number of methoxy groups -OCH3 is 2. The third-order valence-corrected chi connectivity index (χ3v) is 9.03. The molecule has 1 aliphatic rings. The van der Waals surface area contributed by atoms with Crippen LogP contribution < -0.4 is 29.1 Å². The summed E-state index contributed by atoms with van der Waals surface area (Å²) >= 11 is 7.69. The van der Waals surface area contributed by atoms with Crippen molar-refractivity contribution in [3.05, 3.63) is 120 Å². The van der Waals surface area contributed by atoms with E-state index in [2.05, 4.69) is 4.99 Å². The SMILES string of the molecule is CCOC(=O)C1=C(C)N=c2s/c(=C\c3cn(-c4ccccc4)nc3-c3ccc(OC)c(Cl)c3)c(=O)n2C1c1ccc(OC(C)=O)c(OC)c1. The highest BCUT2D eigenvalue weighted by molar-refractivity contribution is 7.07. The quantitative estimate of drug-likeness (QED) is 0.151. The molecule has 11 nitrogen and oxygen atoms in total. The highest BCUT2D eigenvalue weighted by Gasteiger charge is 2.34. The number of thiazole rings is 1. The number of allylic oxidation sites excluding steroid dienone is 1. The fraction of sp³-hybridized carbons (Fsp3) is 0.194. The number of ether oxygens (including phenoxy) is 4. The van der Waals surface area contributed by atoms with Crippen molar-refractivity contribution < 1.29 is 28.5 Å². The molecule has 3 aromatic carbocycles. The van der Waals surface area contributed by atoms with Gasteiger partial charge >= 0.3 is 11.9 Å². The van der Waals surface area contributed by atoms with Crippen LogP contribution in [-0.2, 0) is 14.3 Å². The normalized spacial score (nSPS) is 14.2. The molecule has 0 fully saturated rings. The van der Waals surface area contributed by atoms with E-state index < -0.39 is 18.0 Å². The number of benzene rings is 3. The summed E-state index contributed by atoms with van der Waals surface area (Å²) in [6, 6.07) is 18.9. The van der Waals surface area contributed by atoms with Crippen molar-refractivity contribution >= 4 is 41.0 Å². The van der Waals surface area contributed by atoms with E-state index in [-0.39, 0.29) is 29.2 Å². The molecule has 5 aromatic rings. The fourth-order valence-corrected chi connectivity index (χ4v) is 6.88. The Labute approximate surface area is 289 Å². The number of carbonyl (C=O) groups excluding carboxylic acids is 2. The molecular weight excluding hydrogens is 668 g/mol. The van der Waals surface area contributed by atoms with Gasteiger partial charge in [0.1, 0.15) is 11.4 Å². The molecule has 0 amide bonds. The van der Waals surface area contributed by atoms with E-state index in [0.717, 1.165) is 11.3 Å². The van der Waals surface area contributed by atoms with Crippen molar-refractivity contribution in [2.45, 2.75) is 26.8 Å². The Morgan fingerprint density at radius 3 is 2.41 bits per heavy atom. The molecule has 0 bridgehead atoms. The van der Waals surface area contributed by atoms with E-state index in [1.165, 1.54) is 29.9 Å². The fourth-order valence-electron chi connectivity index (χ4n) is 5.59. The Balaban J connectivity index is 1.56. The van der Waals surface area contributed by atoms with Crippen LogP contribution in [0.15, 0.2) is 94.0 Å². The topological polar surface area (TPSA) is 123 Å². The van der Waals surface area contributed by atoms with Crippen molar-refractivity contribution in [3.8, 4) is 34.2 Å². The molecule has 0 N–H and O–H groups in total. The van der Waals surface area contributed by atoms with Crippen LogP contribution >= 0.6 is 22.9 Å². The number of esters is 2. The van der Waals surface area contributed by atoms with Gasteiger partial charge in [0.05, 0.1) is 53.4 Å². The van der Waals surface area contributed by atoms with Crippen LogP contribution in [-0.4, -0.2) is 47.1 Å². The number of hydrogen-bond donors (Lipinski definition) is 0. The van der Waals surface area contributed by atoms with E-state index in [0.29, 0.717) is 42.6 Å². The maximum absolute atomic E-state index is 14.4. The van der Waals surface area contributed by atoms with Crippen LogP contribution in [0, 0.1) is 0 Å². The lowest BCUT2D eigenvalue weighted by molar-refractivity contribution is -0.139. The largest absolute Gasteiger partial charge is 0.495 e. The average molecular weight is 699 g/mol. The Bertz CT molecular complexity index is 2310. The molecule has 1 atom stereocenters. The Morgan fingerprint density at radius 1 is 1.00 bits per heavy atom. The molecule has 0 saturated carbocycles. The molecule has 49 heavy (non-hydrogen) atoms. The number of rotatable bonds is 9. The third kappa shape index (κ3) is 6.52. The summed E-state index contributed by atoms with van der Waals surface area (Å²) in [6.07, 6.45) is 3.60. The van der Waals surface area contributed by atoms with Gasteiger partial charge in [-0.2, -0.15) is 5.10 Å². The highest BCUT2D eigenvalue weighted by Crippen LogP contribution is 2.37. The van der Waals surface area contributed by atoms with Gasteiger partial charge in [0.15, 0.2) is 16.3 Å². The van der Waals surface area contributed by atoms with Gasteiger partial charge in [-0.1, -0.05) is 47.2 Å². The molecule has 1 aliphatic heterocycles. The maximum atomic E-state index is 14.4. The number of carbonyl (C=O) groups is 2. The van der Waals surface area contributed by atoms with Gasteiger partial charge < -0.3 is 18.9 Å². The molecule has 0 saturated heterocycles. The monoisotopic (exact) mass is 698 g/mol. The summed E-state index contributed by atoms with van der Waals surface area (Å²) in [5.41, 5.74) is 3.55. The minimum Gasteiger partial charge on any atom is -0.495 e. The van der Waals surface area contributed by atoms with Crippen molar-refractivity contribution in [2.75, 3.05) is 20.8 Å². The first-order valence-corrected chi connectivity index (χ1v) is 16.4. The lowest BCUT2D eigenvalue weighted by atomic mass is 9.95. The average Bonchev–Trinajstić information content (AvgIpc) is 3.64. The molecule has 13 heteroatoms. The van der Waals surface area contributed by atoms with Crippen LogP contribution in [0.1, 0.15) is 37.9 Å². The molecule has 0 aliphatic carbocycles. The molecule has 0 radical (unpaired) electrons. The number of para-hydroxylation sites is 1. The molecular formula is C36H31ClN4O7S. The summed E-state index contributed by atoms with van der Waals surface area (Å²) < 4.78 is 25.2. The minimum atomic E-state index is -0.912. The predicted molar refractivity (Wildman–Crippen MR) is 185 cm³/mol. The number of halogens is 1. The van der Waals surface area contributed by atoms with Crippen molar-refractivity contribution in [3.63, 3.8) is 0 Å². The zero-order chi connectivity index (χ0) is 34.8. The van der Waals surface area contributed by atoms with Gasteiger partial charge in [0.2, 0.25) is 0 Å². The van der Waals surface area contributed by atoms with E-state index in [1.54, 1.807) is 62.0 Å². The van der Waals surface area contributed by atoms with E-state index in [4.69, 9.17) is 35.6 Å². The number of nitrogens with zero attached hydrogens (tertiary/aromatic N) is 4. The van der Waals surface area contributed by atoms with Crippen LogP contribution in [0.2, 0.25) is 5.02 Å². The lowest BCUT2D eigenvalue weighted by Crippen LogP contribution is -2.40. The van der Waals surface area contributed by atoms with Gasteiger partial charge in [-0.25, -0.2) is 14.5 Å². The Kier molecular flexibility index (Phi) is 9.52. The van der Waals surface area contributed by atoms with Crippen molar-refractivity contribution in [1.82, 2.24) is 14.3 Å². The smallest absolute Gasteiger partial charge is 0.338 e. The first-order valence-electron chi connectivity index (χ1n) is 15.2. The summed E-state index contributed by atoms with van der Waals surface area (Å²) in [7, 11) is 2.98. The van der Waals surface area contributed by atoms with Gasteiger partial charge in [0.25, 0.3) is 5.56 Å². The van der Waals surface area contributed by atoms with Crippen LogP contribution in [0.3, 0.4) is 0 Å². The second-order valence-corrected chi connectivity index (χ2v) is 12.3. The van der Waals surface area contributed by atoms with E-state index in [9.17, 15) is 14.4 Å². The second-order valence-electron chi connectivity index (χ2n) is 10.9. The zero-order valence-electron chi connectivity index (χ0n) is 27.2. The third-order valence-electron chi connectivity index (χ3n) is 7.75. The summed E-state index contributed by atoms with van der Waals surface area (Å²) in [4.78, 5) is 44.6. The lowest BCUT2D eigenvalue weighted by Gasteiger charge is -2.25. The molecule has 250 valence electrons. The van der Waals surface area contributed by atoms with E-state index in [1.807, 2.05) is 42.6 Å². The second kappa shape index (κ2) is 14.0. The predicted octanol–water partition coefficient (Wildman–Crippen LogP) is 5.25. The van der Waals surface area contributed by atoms with Crippen LogP contribution in [0.5, 0.6) is 17.2 Å². The van der Waals surface area contributed by atoms with Gasteiger partial charge in [-0.05, 0) is 68.0 Å². The maximum Gasteiger partial charge on any atom is 0.338 e. The number of hydrogen-bond acceptors (Lipinski definition) is 10. The first-order chi connectivity index (χ1) is 23.6. The molecule has 1 unspecified atom stereocenters. The number of fused-ring (bicyclic) bond motifs is 1. The summed E-state index contributed by atoms with van der Waals surface area (Å²) in [5.74, 6) is -0.147. The number of aromatic nitrogens is 3.